The normalized spacial score (nSPS) is 11.4. The van der Waals surface area contributed by atoms with E-state index in [1.807, 2.05) is 61.5 Å². The molecule has 0 bridgehead atoms. The molecule has 1 atom stereocenters. The van der Waals surface area contributed by atoms with Crippen molar-refractivity contribution in [2.45, 2.75) is 25.9 Å². The first-order valence-corrected chi connectivity index (χ1v) is 12.9. The van der Waals surface area contributed by atoms with E-state index in [2.05, 4.69) is 5.32 Å². The fourth-order valence-corrected chi connectivity index (χ4v) is 4.43. The standard InChI is InChI=1S/C32H31ClN2O4/c1-22-9-11-24(12-10-22)21-35(30(36)19-23-7-5-4-6-8-23)31(25-13-15-26(33)16-14-25)32(37)34-28-18-17-27(38-2)20-29(28)39-3/h4-18,20,31H,19,21H2,1-3H3,(H,34,37). The lowest BCUT2D eigenvalue weighted by Crippen LogP contribution is -2.41. The van der Waals surface area contributed by atoms with Crippen LogP contribution < -0.4 is 14.8 Å². The second kappa shape index (κ2) is 13.0. The van der Waals surface area contributed by atoms with Crippen molar-refractivity contribution in [2.24, 2.45) is 0 Å². The van der Waals surface area contributed by atoms with Crippen molar-refractivity contribution >= 4 is 29.1 Å². The van der Waals surface area contributed by atoms with Gasteiger partial charge >= 0.3 is 0 Å². The first kappa shape index (κ1) is 27.7. The van der Waals surface area contributed by atoms with Crippen LogP contribution in [0.1, 0.15) is 28.3 Å². The van der Waals surface area contributed by atoms with Crippen LogP contribution in [-0.4, -0.2) is 30.9 Å². The van der Waals surface area contributed by atoms with Crippen LogP contribution in [-0.2, 0) is 22.6 Å². The first-order valence-electron chi connectivity index (χ1n) is 12.5. The number of hydrogen-bond acceptors (Lipinski definition) is 4. The number of anilines is 1. The zero-order valence-corrected chi connectivity index (χ0v) is 22.9. The lowest BCUT2D eigenvalue weighted by atomic mass is 10.0. The molecular formula is C32H31ClN2O4. The molecule has 4 aromatic rings. The molecule has 0 saturated heterocycles. The molecule has 7 heteroatoms. The van der Waals surface area contributed by atoms with Gasteiger partial charge in [-0.1, -0.05) is 83.9 Å². The van der Waals surface area contributed by atoms with Crippen molar-refractivity contribution in [3.05, 3.63) is 124 Å². The smallest absolute Gasteiger partial charge is 0.251 e. The van der Waals surface area contributed by atoms with E-state index >= 15 is 0 Å². The predicted octanol–water partition coefficient (Wildman–Crippen LogP) is 6.62. The number of halogens is 1. The molecule has 6 nitrogen and oxygen atoms in total. The predicted molar refractivity (Wildman–Crippen MR) is 154 cm³/mol. The van der Waals surface area contributed by atoms with Gasteiger partial charge in [-0.2, -0.15) is 0 Å². The topological polar surface area (TPSA) is 67.9 Å². The van der Waals surface area contributed by atoms with Crippen LogP contribution in [0.2, 0.25) is 5.02 Å². The van der Waals surface area contributed by atoms with Gasteiger partial charge in [0.05, 0.1) is 26.3 Å². The number of carbonyl (C=O) groups excluding carboxylic acids is 2. The Labute approximate surface area is 234 Å². The van der Waals surface area contributed by atoms with Crippen molar-refractivity contribution < 1.29 is 19.1 Å². The fraction of sp³-hybridized carbons (Fsp3) is 0.188. The zero-order valence-electron chi connectivity index (χ0n) is 22.2. The molecule has 2 amide bonds. The quantitative estimate of drug-likeness (QED) is 0.244. The Bertz CT molecular complexity index is 1410. The van der Waals surface area contributed by atoms with Crippen LogP contribution in [0.25, 0.3) is 0 Å². The summed E-state index contributed by atoms with van der Waals surface area (Å²) in [5.74, 6) is 0.476. The number of ether oxygens (including phenoxy) is 2. The van der Waals surface area contributed by atoms with E-state index in [4.69, 9.17) is 21.1 Å². The highest BCUT2D eigenvalue weighted by atomic mass is 35.5. The van der Waals surface area contributed by atoms with E-state index in [1.54, 1.807) is 54.5 Å². The van der Waals surface area contributed by atoms with E-state index in [0.29, 0.717) is 27.8 Å². The summed E-state index contributed by atoms with van der Waals surface area (Å²) in [6.07, 6.45) is 0.149. The largest absolute Gasteiger partial charge is 0.497 e. The molecule has 39 heavy (non-hydrogen) atoms. The average molecular weight is 543 g/mol. The van der Waals surface area contributed by atoms with Crippen molar-refractivity contribution in [3.8, 4) is 11.5 Å². The summed E-state index contributed by atoms with van der Waals surface area (Å²) in [7, 11) is 3.08. The summed E-state index contributed by atoms with van der Waals surface area (Å²) in [5, 5.41) is 3.51. The maximum absolute atomic E-state index is 14.0. The Kier molecular flexibility index (Phi) is 9.23. The van der Waals surface area contributed by atoms with Gasteiger partial charge in [0, 0.05) is 17.6 Å². The summed E-state index contributed by atoms with van der Waals surface area (Å²) < 4.78 is 10.8. The van der Waals surface area contributed by atoms with E-state index in [0.717, 1.165) is 16.7 Å². The third-order valence-electron chi connectivity index (χ3n) is 6.40. The van der Waals surface area contributed by atoms with Gasteiger partial charge in [0.2, 0.25) is 5.91 Å². The highest BCUT2D eigenvalue weighted by Gasteiger charge is 2.32. The van der Waals surface area contributed by atoms with E-state index in [1.165, 1.54) is 7.11 Å². The van der Waals surface area contributed by atoms with Gasteiger partial charge < -0.3 is 19.7 Å². The monoisotopic (exact) mass is 542 g/mol. The lowest BCUT2D eigenvalue weighted by Gasteiger charge is -2.32. The second-order valence-corrected chi connectivity index (χ2v) is 9.62. The van der Waals surface area contributed by atoms with Crippen molar-refractivity contribution in [1.82, 2.24) is 4.90 Å². The number of rotatable bonds is 10. The average Bonchev–Trinajstić information content (AvgIpc) is 2.95. The highest BCUT2D eigenvalue weighted by Crippen LogP contribution is 2.32. The van der Waals surface area contributed by atoms with E-state index in [9.17, 15) is 9.59 Å². The van der Waals surface area contributed by atoms with Crippen LogP contribution in [0.5, 0.6) is 11.5 Å². The number of nitrogens with one attached hydrogen (secondary N) is 1. The van der Waals surface area contributed by atoms with Crippen molar-refractivity contribution in [2.75, 3.05) is 19.5 Å². The van der Waals surface area contributed by atoms with Crippen LogP contribution in [0, 0.1) is 6.92 Å². The first-order chi connectivity index (χ1) is 18.9. The molecule has 1 N–H and O–H groups in total. The fourth-order valence-electron chi connectivity index (χ4n) is 4.31. The highest BCUT2D eigenvalue weighted by molar-refractivity contribution is 6.30. The van der Waals surface area contributed by atoms with E-state index in [-0.39, 0.29) is 24.8 Å². The SMILES string of the molecule is COc1ccc(NC(=O)C(c2ccc(Cl)cc2)N(Cc2ccc(C)cc2)C(=O)Cc2ccccc2)c(OC)c1. The molecular weight excluding hydrogens is 512 g/mol. The minimum Gasteiger partial charge on any atom is -0.497 e. The van der Waals surface area contributed by atoms with Gasteiger partial charge in [0.25, 0.3) is 5.91 Å². The molecule has 200 valence electrons. The number of benzene rings is 4. The van der Waals surface area contributed by atoms with Gasteiger partial charge in [-0.25, -0.2) is 0 Å². The molecule has 0 aliphatic heterocycles. The van der Waals surface area contributed by atoms with Gasteiger partial charge in [0.15, 0.2) is 0 Å². The number of hydrogen-bond donors (Lipinski definition) is 1. The Balaban J connectivity index is 1.75. The minimum atomic E-state index is -0.938. The van der Waals surface area contributed by atoms with Gasteiger partial charge in [-0.05, 0) is 47.9 Å². The molecule has 4 rings (SSSR count). The summed E-state index contributed by atoms with van der Waals surface area (Å²) in [5.41, 5.74) is 3.99. The summed E-state index contributed by atoms with van der Waals surface area (Å²) in [6.45, 7) is 2.25. The molecule has 0 aromatic heterocycles. The summed E-state index contributed by atoms with van der Waals surface area (Å²) >= 11 is 6.18. The number of aryl methyl sites for hydroxylation is 1. The zero-order chi connectivity index (χ0) is 27.8. The van der Waals surface area contributed by atoms with E-state index < -0.39 is 6.04 Å². The van der Waals surface area contributed by atoms with Crippen LogP contribution >= 0.6 is 11.6 Å². The van der Waals surface area contributed by atoms with Crippen LogP contribution in [0.3, 0.4) is 0 Å². The maximum Gasteiger partial charge on any atom is 0.251 e. The van der Waals surface area contributed by atoms with Crippen molar-refractivity contribution in [3.63, 3.8) is 0 Å². The molecule has 0 aliphatic rings. The maximum atomic E-state index is 14.0. The molecule has 0 spiro atoms. The number of carbonyl (C=O) groups is 2. The Morgan fingerprint density at radius 1 is 0.846 bits per heavy atom. The third kappa shape index (κ3) is 7.18. The lowest BCUT2D eigenvalue weighted by molar-refractivity contribution is -0.139. The molecule has 1 unspecified atom stereocenters. The summed E-state index contributed by atoms with van der Waals surface area (Å²) in [4.78, 5) is 29.6. The Morgan fingerprint density at radius 3 is 2.18 bits per heavy atom. The molecule has 0 fully saturated rings. The molecule has 0 saturated carbocycles. The van der Waals surface area contributed by atoms with Crippen molar-refractivity contribution in [1.29, 1.82) is 0 Å². The van der Waals surface area contributed by atoms with Gasteiger partial charge in [-0.3, -0.25) is 9.59 Å². The molecule has 0 aliphatic carbocycles. The summed E-state index contributed by atoms with van der Waals surface area (Å²) in [6, 6.07) is 28.6. The van der Waals surface area contributed by atoms with Gasteiger partial charge in [-0.15, -0.1) is 0 Å². The molecule has 4 aromatic carbocycles. The van der Waals surface area contributed by atoms with Gasteiger partial charge in [0.1, 0.15) is 17.5 Å². The molecule has 0 radical (unpaired) electrons. The number of amides is 2. The third-order valence-corrected chi connectivity index (χ3v) is 6.66. The minimum absolute atomic E-state index is 0.149. The number of methoxy groups -OCH3 is 2. The molecule has 0 heterocycles. The Morgan fingerprint density at radius 2 is 1.54 bits per heavy atom. The second-order valence-electron chi connectivity index (χ2n) is 9.18. The van der Waals surface area contributed by atoms with Crippen LogP contribution in [0.4, 0.5) is 5.69 Å². The number of nitrogens with zero attached hydrogens (tertiary/aromatic N) is 1. The Hall–Kier alpha value is -4.29. The van der Waals surface area contributed by atoms with Crippen LogP contribution in [0.15, 0.2) is 97.1 Å².